The smallest absolute Gasteiger partial charge is 0.329 e. The molecule has 92 valence electrons. The van der Waals surface area contributed by atoms with E-state index in [1.54, 1.807) is 5.01 Å². The molecule has 16 heavy (non-hydrogen) atoms. The van der Waals surface area contributed by atoms with E-state index in [1.807, 2.05) is 20.8 Å². The SMILES string of the molecule is CC(C)(C)OC(=O)C12CCC(CNC1)N2N. The van der Waals surface area contributed by atoms with Crippen LogP contribution in [0.3, 0.4) is 0 Å². The predicted octanol–water partition coefficient (Wildman–Crippen LogP) is 0.00820. The zero-order valence-corrected chi connectivity index (χ0v) is 10.2. The van der Waals surface area contributed by atoms with Gasteiger partial charge >= 0.3 is 5.97 Å². The first kappa shape index (κ1) is 11.8. The highest BCUT2D eigenvalue weighted by Crippen LogP contribution is 2.35. The van der Waals surface area contributed by atoms with E-state index in [-0.39, 0.29) is 12.0 Å². The molecule has 2 saturated heterocycles. The van der Waals surface area contributed by atoms with Gasteiger partial charge in [0.2, 0.25) is 0 Å². The summed E-state index contributed by atoms with van der Waals surface area (Å²) in [4.78, 5) is 12.2. The Morgan fingerprint density at radius 1 is 1.56 bits per heavy atom. The first-order valence-corrected chi connectivity index (χ1v) is 5.83. The Hall–Kier alpha value is -0.650. The number of nitrogens with two attached hydrogens (primary N) is 1. The molecule has 2 fully saturated rings. The van der Waals surface area contributed by atoms with E-state index in [0.717, 1.165) is 19.4 Å². The molecule has 0 saturated carbocycles. The summed E-state index contributed by atoms with van der Waals surface area (Å²) in [7, 11) is 0. The highest BCUT2D eigenvalue weighted by Gasteiger charge is 2.54. The second-order valence-corrected chi connectivity index (χ2v) is 5.76. The van der Waals surface area contributed by atoms with Gasteiger partial charge in [-0.25, -0.2) is 9.80 Å². The third kappa shape index (κ3) is 1.83. The first-order chi connectivity index (χ1) is 7.35. The van der Waals surface area contributed by atoms with Crippen molar-refractivity contribution in [3.63, 3.8) is 0 Å². The van der Waals surface area contributed by atoms with Crippen molar-refractivity contribution in [1.82, 2.24) is 10.3 Å². The second kappa shape index (κ2) is 3.68. The topological polar surface area (TPSA) is 67.6 Å². The molecule has 2 heterocycles. The highest BCUT2D eigenvalue weighted by atomic mass is 16.6. The minimum Gasteiger partial charge on any atom is -0.459 e. The van der Waals surface area contributed by atoms with Crippen LogP contribution in [0.2, 0.25) is 0 Å². The van der Waals surface area contributed by atoms with E-state index in [9.17, 15) is 4.79 Å². The van der Waals surface area contributed by atoms with Crippen LogP contribution in [-0.4, -0.2) is 41.2 Å². The van der Waals surface area contributed by atoms with Gasteiger partial charge in [0.05, 0.1) is 0 Å². The van der Waals surface area contributed by atoms with E-state index < -0.39 is 11.1 Å². The third-order valence-electron chi connectivity index (χ3n) is 3.36. The van der Waals surface area contributed by atoms with E-state index >= 15 is 0 Å². The summed E-state index contributed by atoms with van der Waals surface area (Å²) in [6.07, 6.45) is 1.75. The minimum absolute atomic E-state index is 0.197. The summed E-state index contributed by atoms with van der Waals surface area (Å²) in [5.41, 5.74) is -1.10. The van der Waals surface area contributed by atoms with Crippen LogP contribution in [0.15, 0.2) is 0 Å². The molecule has 0 aliphatic carbocycles. The van der Waals surface area contributed by atoms with Crippen molar-refractivity contribution in [2.75, 3.05) is 13.1 Å². The molecule has 2 aliphatic rings. The molecule has 0 amide bonds. The highest BCUT2D eigenvalue weighted by molar-refractivity contribution is 5.82. The van der Waals surface area contributed by atoms with Gasteiger partial charge in [-0.15, -0.1) is 0 Å². The van der Waals surface area contributed by atoms with E-state index in [1.165, 1.54) is 0 Å². The molecule has 2 atom stereocenters. The zero-order chi connectivity index (χ0) is 12.0. The summed E-state index contributed by atoms with van der Waals surface area (Å²) in [6, 6.07) is 0.265. The standard InChI is InChI=1S/C11H21N3O2/c1-10(2,3)16-9(15)11-5-4-8(14(11)12)6-13-7-11/h8,13H,4-7,12H2,1-3H3. The lowest BCUT2D eigenvalue weighted by Gasteiger charge is -2.41. The summed E-state index contributed by atoms with van der Waals surface area (Å²) >= 11 is 0. The molecule has 0 aromatic heterocycles. The maximum atomic E-state index is 12.2. The lowest BCUT2D eigenvalue weighted by molar-refractivity contribution is -0.170. The molecule has 0 aromatic rings. The van der Waals surface area contributed by atoms with Gasteiger partial charge in [-0.05, 0) is 33.6 Å². The summed E-state index contributed by atoms with van der Waals surface area (Å²) < 4.78 is 5.47. The number of hydrogen-bond donors (Lipinski definition) is 2. The van der Waals surface area contributed by atoms with E-state index in [2.05, 4.69) is 5.32 Å². The average molecular weight is 227 g/mol. The van der Waals surface area contributed by atoms with Crippen LogP contribution < -0.4 is 11.2 Å². The molecule has 2 bridgehead atoms. The average Bonchev–Trinajstić information content (AvgIpc) is 2.36. The molecule has 5 nitrogen and oxygen atoms in total. The van der Waals surface area contributed by atoms with Crippen LogP contribution in [0.25, 0.3) is 0 Å². The minimum atomic E-state index is -0.643. The molecular formula is C11H21N3O2. The van der Waals surface area contributed by atoms with Crippen molar-refractivity contribution < 1.29 is 9.53 Å². The number of nitrogens with zero attached hydrogens (tertiary/aromatic N) is 1. The lowest BCUT2D eigenvalue weighted by atomic mass is 9.96. The first-order valence-electron chi connectivity index (χ1n) is 5.83. The predicted molar refractivity (Wildman–Crippen MR) is 60.5 cm³/mol. The van der Waals surface area contributed by atoms with Crippen molar-refractivity contribution in [2.45, 2.75) is 50.8 Å². The number of nitrogens with one attached hydrogen (secondary N) is 1. The molecule has 2 unspecified atom stereocenters. The fraction of sp³-hybridized carbons (Fsp3) is 0.909. The molecule has 0 aromatic carbocycles. The van der Waals surface area contributed by atoms with Crippen molar-refractivity contribution in [3.05, 3.63) is 0 Å². The Bertz CT molecular complexity index is 296. The van der Waals surface area contributed by atoms with Crippen LogP contribution in [0, 0.1) is 0 Å². The number of fused-ring (bicyclic) bond motifs is 2. The molecule has 5 heteroatoms. The molecule has 2 rings (SSSR count). The number of esters is 1. The van der Waals surface area contributed by atoms with E-state index in [4.69, 9.17) is 10.6 Å². The van der Waals surface area contributed by atoms with Gasteiger partial charge in [-0.2, -0.15) is 0 Å². The van der Waals surface area contributed by atoms with Crippen LogP contribution >= 0.6 is 0 Å². The Labute approximate surface area is 96.3 Å². The van der Waals surface area contributed by atoms with Crippen molar-refractivity contribution >= 4 is 5.97 Å². The van der Waals surface area contributed by atoms with Gasteiger partial charge in [0.1, 0.15) is 11.1 Å². The van der Waals surface area contributed by atoms with Crippen LogP contribution in [0.1, 0.15) is 33.6 Å². The summed E-state index contributed by atoms with van der Waals surface area (Å²) in [5, 5.41) is 4.97. The van der Waals surface area contributed by atoms with Gasteiger partial charge in [0.15, 0.2) is 0 Å². The number of ether oxygens (including phenoxy) is 1. The van der Waals surface area contributed by atoms with Gasteiger partial charge in [-0.3, -0.25) is 5.84 Å². The maximum absolute atomic E-state index is 12.2. The second-order valence-electron chi connectivity index (χ2n) is 5.76. The summed E-state index contributed by atoms with van der Waals surface area (Å²) in [6.45, 7) is 7.09. The van der Waals surface area contributed by atoms with Gasteiger partial charge < -0.3 is 10.1 Å². The molecule has 2 aliphatic heterocycles. The number of piperazine rings is 1. The Kier molecular flexibility index (Phi) is 2.72. The quantitative estimate of drug-likeness (QED) is 0.488. The maximum Gasteiger partial charge on any atom is 0.329 e. The third-order valence-corrected chi connectivity index (χ3v) is 3.36. The molecule has 0 spiro atoms. The van der Waals surface area contributed by atoms with Crippen molar-refractivity contribution in [1.29, 1.82) is 0 Å². The molecule has 3 N–H and O–H groups in total. The largest absolute Gasteiger partial charge is 0.459 e. The fourth-order valence-corrected chi connectivity index (χ4v) is 2.50. The van der Waals surface area contributed by atoms with Gasteiger partial charge in [-0.1, -0.05) is 0 Å². The Balaban J connectivity index is 2.15. The van der Waals surface area contributed by atoms with Crippen LogP contribution in [-0.2, 0) is 9.53 Å². The van der Waals surface area contributed by atoms with Crippen LogP contribution in [0.4, 0.5) is 0 Å². The van der Waals surface area contributed by atoms with Crippen LogP contribution in [0.5, 0.6) is 0 Å². The van der Waals surface area contributed by atoms with Gasteiger partial charge in [0.25, 0.3) is 0 Å². The van der Waals surface area contributed by atoms with Crippen molar-refractivity contribution in [3.8, 4) is 0 Å². The van der Waals surface area contributed by atoms with Crippen molar-refractivity contribution in [2.24, 2.45) is 5.84 Å². The lowest BCUT2D eigenvalue weighted by Crippen LogP contribution is -2.67. The van der Waals surface area contributed by atoms with Gasteiger partial charge in [0, 0.05) is 19.1 Å². The number of rotatable bonds is 1. The molecule has 0 radical (unpaired) electrons. The molecular weight excluding hydrogens is 206 g/mol. The Morgan fingerprint density at radius 3 is 2.88 bits per heavy atom. The number of carbonyl (C=O) groups excluding carboxylic acids is 1. The number of hydrogen-bond acceptors (Lipinski definition) is 5. The fourth-order valence-electron chi connectivity index (χ4n) is 2.50. The zero-order valence-electron chi connectivity index (χ0n) is 10.2. The normalized spacial score (nSPS) is 35.1. The monoisotopic (exact) mass is 227 g/mol. The Morgan fingerprint density at radius 2 is 2.25 bits per heavy atom. The van der Waals surface area contributed by atoms with E-state index in [0.29, 0.717) is 6.54 Å². The number of carbonyl (C=O) groups is 1. The summed E-state index contributed by atoms with van der Waals surface area (Å²) in [5.74, 6) is 5.83. The number of hydrazine groups is 1.